The van der Waals surface area contributed by atoms with Crippen molar-refractivity contribution in [2.24, 2.45) is 0 Å². The van der Waals surface area contributed by atoms with Crippen molar-refractivity contribution in [1.29, 1.82) is 0 Å². The van der Waals surface area contributed by atoms with Crippen molar-refractivity contribution in [3.8, 4) is 11.3 Å². The van der Waals surface area contributed by atoms with E-state index in [1.54, 1.807) is 17.4 Å². The van der Waals surface area contributed by atoms with Crippen LogP contribution >= 0.6 is 11.3 Å². The molecule has 3 aromatic heterocycles. The van der Waals surface area contributed by atoms with Gasteiger partial charge in [0.1, 0.15) is 0 Å². The molecule has 4 aromatic rings. The molecule has 0 unspecified atom stereocenters. The standard InChI is InChI=1S/C21H20N6OS/c28-20(17-8-9-19(25-24-17)26-10-2-1-3-11-26)22-16-6-4-15(5-7-16)18-14-27-12-13-29-21(27)23-18/h4-9,12-14H,1-3,10-11H2,(H,22,28). The molecule has 1 amide bonds. The summed E-state index contributed by atoms with van der Waals surface area (Å²) in [5.41, 5.74) is 2.93. The Morgan fingerprint density at radius 3 is 2.55 bits per heavy atom. The molecular weight excluding hydrogens is 384 g/mol. The first-order valence-electron chi connectivity index (χ1n) is 9.69. The van der Waals surface area contributed by atoms with Gasteiger partial charge in [-0.1, -0.05) is 12.1 Å². The van der Waals surface area contributed by atoms with Crippen molar-refractivity contribution in [1.82, 2.24) is 19.6 Å². The highest BCUT2D eigenvalue weighted by atomic mass is 32.1. The molecule has 1 aliphatic heterocycles. The van der Waals surface area contributed by atoms with Crippen molar-refractivity contribution in [3.05, 3.63) is 59.9 Å². The molecule has 1 fully saturated rings. The lowest BCUT2D eigenvalue weighted by atomic mass is 10.1. The van der Waals surface area contributed by atoms with Crippen LogP contribution in [0.15, 0.2) is 54.2 Å². The predicted octanol–water partition coefficient (Wildman–Crippen LogP) is 4.10. The van der Waals surface area contributed by atoms with Crippen LogP contribution in [0.1, 0.15) is 29.8 Å². The van der Waals surface area contributed by atoms with Gasteiger partial charge in [0.05, 0.1) is 5.69 Å². The van der Waals surface area contributed by atoms with Gasteiger partial charge in [-0.15, -0.1) is 21.5 Å². The topological polar surface area (TPSA) is 75.4 Å². The van der Waals surface area contributed by atoms with Crippen LogP contribution in [0.3, 0.4) is 0 Å². The molecule has 5 rings (SSSR count). The third kappa shape index (κ3) is 3.71. The highest BCUT2D eigenvalue weighted by Gasteiger charge is 2.14. The Balaban J connectivity index is 1.26. The van der Waals surface area contributed by atoms with Crippen LogP contribution in [0.25, 0.3) is 16.2 Å². The molecule has 29 heavy (non-hydrogen) atoms. The number of hydrogen-bond donors (Lipinski definition) is 1. The normalized spacial score (nSPS) is 14.3. The summed E-state index contributed by atoms with van der Waals surface area (Å²) in [6.07, 6.45) is 7.61. The summed E-state index contributed by atoms with van der Waals surface area (Å²) in [4.78, 5) is 20.3. The molecule has 1 aromatic carbocycles. The van der Waals surface area contributed by atoms with Crippen LogP contribution in [0.5, 0.6) is 0 Å². The Hall–Kier alpha value is -3.26. The zero-order valence-corrected chi connectivity index (χ0v) is 16.6. The van der Waals surface area contributed by atoms with E-state index in [0.717, 1.165) is 35.1 Å². The SMILES string of the molecule is O=C(Nc1ccc(-c2cn3ccsc3n2)cc1)c1ccc(N2CCCCC2)nn1. The number of fused-ring (bicyclic) bond motifs is 1. The first-order chi connectivity index (χ1) is 14.3. The van der Waals surface area contributed by atoms with E-state index in [1.807, 2.05) is 52.5 Å². The van der Waals surface area contributed by atoms with E-state index in [-0.39, 0.29) is 5.91 Å². The van der Waals surface area contributed by atoms with Gasteiger partial charge in [0.25, 0.3) is 5.91 Å². The summed E-state index contributed by atoms with van der Waals surface area (Å²) in [5, 5.41) is 13.2. The molecule has 0 atom stereocenters. The minimum atomic E-state index is -0.266. The van der Waals surface area contributed by atoms with Crippen LogP contribution in [0, 0.1) is 0 Å². The average Bonchev–Trinajstić information content (AvgIpc) is 3.38. The van der Waals surface area contributed by atoms with Gasteiger partial charge in [-0.25, -0.2) is 4.98 Å². The molecule has 0 bridgehead atoms. The van der Waals surface area contributed by atoms with Gasteiger partial charge in [0.2, 0.25) is 0 Å². The fourth-order valence-corrected chi connectivity index (χ4v) is 4.22. The summed E-state index contributed by atoms with van der Waals surface area (Å²) in [5.74, 6) is 0.573. The molecular formula is C21H20N6OS. The Morgan fingerprint density at radius 2 is 1.83 bits per heavy atom. The zero-order valence-electron chi connectivity index (χ0n) is 15.8. The van der Waals surface area contributed by atoms with Gasteiger partial charge < -0.3 is 10.2 Å². The van der Waals surface area contributed by atoms with E-state index in [0.29, 0.717) is 11.4 Å². The monoisotopic (exact) mass is 404 g/mol. The van der Waals surface area contributed by atoms with Crippen molar-refractivity contribution < 1.29 is 4.79 Å². The van der Waals surface area contributed by atoms with Crippen molar-refractivity contribution >= 4 is 33.7 Å². The zero-order chi connectivity index (χ0) is 19.6. The summed E-state index contributed by atoms with van der Waals surface area (Å²) in [6.45, 7) is 2.00. The number of anilines is 2. The Kier molecular flexibility index (Phi) is 4.69. The van der Waals surface area contributed by atoms with E-state index in [2.05, 4.69) is 25.4 Å². The molecule has 1 saturated heterocycles. The first-order valence-corrected chi connectivity index (χ1v) is 10.6. The number of aromatic nitrogens is 4. The van der Waals surface area contributed by atoms with Crippen LogP contribution in [0.2, 0.25) is 0 Å². The largest absolute Gasteiger partial charge is 0.355 e. The average molecular weight is 404 g/mol. The summed E-state index contributed by atoms with van der Waals surface area (Å²) < 4.78 is 2.00. The molecule has 1 N–H and O–H groups in total. The summed E-state index contributed by atoms with van der Waals surface area (Å²) in [6, 6.07) is 11.3. The van der Waals surface area contributed by atoms with Crippen molar-refractivity contribution in [2.45, 2.75) is 19.3 Å². The van der Waals surface area contributed by atoms with Gasteiger partial charge in [-0.3, -0.25) is 9.20 Å². The molecule has 8 heteroatoms. The summed E-state index contributed by atoms with van der Waals surface area (Å²) >= 11 is 1.60. The van der Waals surface area contributed by atoms with Crippen LogP contribution in [0.4, 0.5) is 11.5 Å². The van der Waals surface area contributed by atoms with E-state index >= 15 is 0 Å². The van der Waals surface area contributed by atoms with Gasteiger partial charge >= 0.3 is 0 Å². The lowest BCUT2D eigenvalue weighted by Crippen LogP contribution is -2.30. The number of imidazole rings is 1. The Morgan fingerprint density at radius 1 is 1.00 bits per heavy atom. The second kappa shape index (κ2) is 7.63. The van der Waals surface area contributed by atoms with Crippen molar-refractivity contribution in [3.63, 3.8) is 0 Å². The quantitative estimate of drug-likeness (QED) is 0.554. The molecule has 7 nitrogen and oxygen atoms in total. The number of nitrogens with one attached hydrogen (secondary N) is 1. The fraction of sp³-hybridized carbons (Fsp3) is 0.238. The Labute approximate surface area is 172 Å². The highest BCUT2D eigenvalue weighted by molar-refractivity contribution is 7.15. The number of benzene rings is 1. The summed E-state index contributed by atoms with van der Waals surface area (Å²) in [7, 11) is 0. The lowest BCUT2D eigenvalue weighted by molar-refractivity contribution is 0.102. The smallest absolute Gasteiger partial charge is 0.276 e. The fourth-order valence-electron chi connectivity index (χ4n) is 3.52. The maximum Gasteiger partial charge on any atom is 0.276 e. The van der Waals surface area contributed by atoms with E-state index in [4.69, 9.17) is 0 Å². The molecule has 0 spiro atoms. The lowest BCUT2D eigenvalue weighted by Gasteiger charge is -2.27. The van der Waals surface area contributed by atoms with Crippen LogP contribution in [-0.4, -0.2) is 38.6 Å². The second-order valence-corrected chi connectivity index (χ2v) is 7.95. The maximum atomic E-state index is 12.5. The number of rotatable bonds is 4. The third-order valence-corrected chi connectivity index (χ3v) is 5.87. The van der Waals surface area contributed by atoms with Gasteiger partial charge in [0, 0.05) is 42.1 Å². The molecule has 1 aliphatic rings. The van der Waals surface area contributed by atoms with Crippen molar-refractivity contribution in [2.75, 3.05) is 23.3 Å². The van der Waals surface area contributed by atoms with E-state index in [1.165, 1.54) is 19.3 Å². The number of carbonyl (C=O) groups excluding carboxylic acids is 1. The Bertz CT molecular complexity index is 1100. The molecule has 0 aliphatic carbocycles. The molecule has 0 radical (unpaired) electrons. The van der Waals surface area contributed by atoms with Crippen LogP contribution < -0.4 is 10.2 Å². The van der Waals surface area contributed by atoms with E-state index in [9.17, 15) is 4.79 Å². The highest BCUT2D eigenvalue weighted by Crippen LogP contribution is 2.23. The minimum absolute atomic E-state index is 0.266. The number of nitrogens with zero attached hydrogens (tertiary/aromatic N) is 5. The number of hydrogen-bond acceptors (Lipinski definition) is 6. The molecule has 4 heterocycles. The van der Waals surface area contributed by atoms with E-state index < -0.39 is 0 Å². The number of amides is 1. The number of piperidine rings is 1. The van der Waals surface area contributed by atoms with Gasteiger partial charge in [-0.2, -0.15) is 0 Å². The second-order valence-electron chi connectivity index (χ2n) is 7.07. The number of carbonyl (C=O) groups is 1. The first kappa shape index (κ1) is 17.8. The number of thiazole rings is 1. The molecule has 0 saturated carbocycles. The molecule has 146 valence electrons. The minimum Gasteiger partial charge on any atom is -0.355 e. The maximum absolute atomic E-state index is 12.5. The van der Waals surface area contributed by atoms with Crippen LogP contribution in [-0.2, 0) is 0 Å². The van der Waals surface area contributed by atoms with Gasteiger partial charge in [0.15, 0.2) is 16.5 Å². The predicted molar refractivity (Wildman–Crippen MR) is 115 cm³/mol. The third-order valence-electron chi connectivity index (χ3n) is 5.09. The van der Waals surface area contributed by atoms with Gasteiger partial charge in [-0.05, 0) is 43.5 Å².